The van der Waals surface area contributed by atoms with E-state index in [1.54, 1.807) is 6.20 Å². The maximum atomic E-state index is 5.26. The van der Waals surface area contributed by atoms with Crippen LogP contribution in [-0.4, -0.2) is 9.97 Å². The van der Waals surface area contributed by atoms with Crippen molar-refractivity contribution in [3.63, 3.8) is 0 Å². The summed E-state index contributed by atoms with van der Waals surface area (Å²) in [5, 5.41) is 0. The zero-order valence-corrected chi connectivity index (χ0v) is 7.42. The molecule has 0 saturated carbocycles. The summed E-state index contributed by atoms with van der Waals surface area (Å²) in [6, 6.07) is 7.63. The molecular weight excluding hydrogens is 188 g/mol. The van der Waals surface area contributed by atoms with E-state index in [0.29, 0.717) is 5.82 Å². The Balaban J connectivity index is 2.49. The summed E-state index contributed by atoms with van der Waals surface area (Å²) in [6.07, 6.45) is 1.61. The van der Waals surface area contributed by atoms with Crippen LogP contribution in [0.5, 0.6) is 0 Å². The molecule has 0 saturated heterocycles. The lowest BCUT2D eigenvalue weighted by Crippen LogP contribution is -2.10. The van der Waals surface area contributed by atoms with E-state index in [1.165, 1.54) is 0 Å². The van der Waals surface area contributed by atoms with Crippen LogP contribution in [0, 0.1) is 0 Å². The molecule has 66 valence electrons. The monoisotopic (exact) mass is 194 g/mol. The number of nitrogens with one attached hydrogen (secondary N) is 2. The molecule has 1 heterocycles. The number of nitrogens with zero attached hydrogens (tertiary/aromatic N) is 2. The first-order valence-corrected chi connectivity index (χ1v) is 4.11. The average Bonchev–Trinajstić information content (AvgIpc) is 2.18. The van der Waals surface area contributed by atoms with Crippen LogP contribution in [0.4, 0.5) is 5.82 Å². The minimum Gasteiger partial charge on any atom is -0.290 e. The molecule has 5 heteroatoms. The molecule has 0 bridgehead atoms. The van der Waals surface area contributed by atoms with Gasteiger partial charge in [0.25, 0.3) is 0 Å². The number of halogens is 1. The van der Waals surface area contributed by atoms with Gasteiger partial charge in [-0.2, -0.15) is 0 Å². The molecule has 4 nitrogen and oxygen atoms in total. The summed E-state index contributed by atoms with van der Waals surface area (Å²) in [7, 11) is 0. The highest BCUT2D eigenvalue weighted by molar-refractivity contribution is 6.13. The molecule has 0 spiro atoms. The summed E-state index contributed by atoms with van der Waals surface area (Å²) in [4.78, 5) is 10.7. The third-order valence-electron chi connectivity index (χ3n) is 1.62. The summed E-state index contributed by atoms with van der Waals surface area (Å²) >= 11 is 5.26. The second-order valence-corrected chi connectivity index (χ2v) is 2.65. The van der Waals surface area contributed by atoms with Crippen molar-refractivity contribution in [3.05, 3.63) is 30.5 Å². The normalized spacial score (nSPS) is 10.2. The lowest BCUT2D eigenvalue weighted by molar-refractivity contribution is 1.14. The van der Waals surface area contributed by atoms with Gasteiger partial charge in [-0.25, -0.2) is 4.98 Å². The Morgan fingerprint density at radius 3 is 2.69 bits per heavy atom. The molecule has 0 fully saturated rings. The topological polar surface area (TPSA) is 49.8 Å². The molecule has 1 aromatic carbocycles. The number of benzene rings is 1. The van der Waals surface area contributed by atoms with Gasteiger partial charge in [0, 0.05) is 0 Å². The Morgan fingerprint density at radius 1 is 1.15 bits per heavy atom. The van der Waals surface area contributed by atoms with Gasteiger partial charge in [-0.3, -0.25) is 10.4 Å². The Kier molecular flexibility index (Phi) is 2.25. The van der Waals surface area contributed by atoms with Crippen LogP contribution in [0.3, 0.4) is 0 Å². The van der Waals surface area contributed by atoms with Gasteiger partial charge in [0.15, 0.2) is 5.82 Å². The number of para-hydroxylation sites is 2. The number of rotatable bonds is 2. The minimum atomic E-state index is 0.591. The molecule has 0 unspecified atom stereocenters. The average molecular weight is 195 g/mol. The van der Waals surface area contributed by atoms with Crippen LogP contribution in [-0.2, 0) is 0 Å². The third-order valence-corrected chi connectivity index (χ3v) is 1.72. The SMILES string of the molecule is ClNNc1cnc2ccccc2n1. The molecule has 0 aliphatic carbocycles. The first-order valence-electron chi connectivity index (χ1n) is 3.73. The molecule has 2 rings (SSSR count). The van der Waals surface area contributed by atoms with Crippen molar-refractivity contribution in [3.8, 4) is 0 Å². The van der Waals surface area contributed by atoms with Crippen LogP contribution in [0.15, 0.2) is 30.5 Å². The van der Waals surface area contributed by atoms with E-state index in [4.69, 9.17) is 11.8 Å². The van der Waals surface area contributed by atoms with Crippen LogP contribution < -0.4 is 10.4 Å². The van der Waals surface area contributed by atoms with Gasteiger partial charge >= 0.3 is 0 Å². The second kappa shape index (κ2) is 3.55. The van der Waals surface area contributed by atoms with Crippen molar-refractivity contribution >= 4 is 28.6 Å². The highest BCUT2D eigenvalue weighted by atomic mass is 35.5. The van der Waals surface area contributed by atoms with E-state index in [9.17, 15) is 0 Å². The maximum absolute atomic E-state index is 5.26. The number of hydrogen-bond acceptors (Lipinski definition) is 4. The fourth-order valence-corrected chi connectivity index (χ4v) is 1.16. The highest BCUT2D eigenvalue weighted by Gasteiger charge is 1.96. The van der Waals surface area contributed by atoms with Crippen LogP contribution in [0.25, 0.3) is 11.0 Å². The fourth-order valence-electron chi connectivity index (χ4n) is 1.07. The summed E-state index contributed by atoms with van der Waals surface area (Å²) in [5.41, 5.74) is 4.34. The van der Waals surface area contributed by atoms with E-state index in [0.717, 1.165) is 11.0 Å². The predicted molar refractivity (Wildman–Crippen MR) is 52.1 cm³/mol. The van der Waals surface area contributed by atoms with Crippen molar-refractivity contribution in [1.82, 2.24) is 14.9 Å². The van der Waals surface area contributed by atoms with Crippen molar-refractivity contribution in [2.45, 2.75) is 0 Å². The van der Waals surface area contributed by atoms with E-state index < -0.39 is 0 Å². The lowest BCUT2D eigenvalue weighted by Gasteiger charge is -2.01. The molecule has 13 heavy (non-hydrogen) atoms. The molecule has 0 aliphatic heterocycles. The van der Waals surface area contributed by atoms with Gasteiger partial charge in [-0.15, -0.1) is 4.94 Å². The van der Waals surface area contributed by atoms with Crippen molar-refractivity contribution in [2.24, 2.45) is 0 Å². The van der Waals surface area contributed by atoms with Crippen molar-refractivity contribution in [1.29, 1.82) is 0 Å². The van der Waals surface area contributed by atoms with Gasteiger partial charge in [0.1, 0.15) is 0 Å². The van der Waals surface area contributed by atoms with E-state index in [2.05, 4.69) is 20.3 Å². The van der Waals surface area contributed by atoms with Gasteiger partial charge in [-0.1, -0.05) is 12.1 Å². The van der Waals surface area contributed by atoms with Crippen molar-refractivity contribution in [2.75, 3.05) is 5.43 Å². The first-order chi connectivity index (χ1) is 6.40. The van der Waals surface area contributed by atoms with Crippen LogP contribution in [0.1, 0.15) is 0 Å². The molecule has 1 aromatic heterocycles. The summed E-state index contributed by atoms with van der Waals surface area (Å²) in [6.45, 7) is 0. The fraction of sp³-hybridized carbons (Fsp3) is 0. The molecular formula is C8H7ClN4. The molecule has 2 aromatic rings. The molecule has 0 atom stereocenters. The molecule has 0 amide bonds. The highest BCUT2D eigenvalue weighted by Crippen LogP contribution is 2.10. The number of aromatic nitrogens is 2. The van der Waals surface area contributed by atoms with Gasteiger partial charge in [-0.05, 0) is 23.9 Å². The number of fused-ring (bicyclic) bond motifs is 1. The van der Waals surface area contributed by atoms with Crippen LogP contribution >= 0.6 is 11.8 Å². The van der Waals surface area contributed by atoms with E-state index >= 15 is 0 Å². The van der Waals surface area contributed by atoms with Crippen LogP contribution in [0.2, 0.25) is 0 Å². The Hall–Kier alpha value is -1.39. The van der Waals surface area contributed by atoms with Gasteiger partial charge < -0.3 is 0 Å². The number of hydrazine groups is 1. The van der Waals surface area contributed by atoms with E-state index in [1.807, 2.05) is 24.3 Å². The summed E-state index contributed by atoms with van der Waals surface area (Å²) < 4.78 is 0. The minimum absolute atomic E-state index is 0.591. The summed E-state index contributed by atoms with van der Waals surface area (Å²) in [5.74, 6) is 0.591. The second-order valence-electron chi connectivity index (χ2n) is 2.46. The molecule has 2 N–H and O–H groups in total. The lowest BCUT2D eigenvalue weighted by atomic mass is 10.3. The predicted octanol–water partition coefficient (Wildman–Crippen LogP) is 1.70. The quantitative estimate of drug-likeness (QED) is 0.565. The Bertz CT molecular complexity index is 418. The van der Waals surface area contributed by atoms with Gasteiger partial charge in [0.2, 0.25) is 0 Å². The Labute approximate surface area is 80.0 Å². The zero-order chi connectivity index (χ0) is 9.10. The molecule has 0 aliphatic rings. The Morgan fingerprint density at radius 2 is 1.92 bits per heavy atom. The largest absolute Gasteiger partial charge is 0.290 e. The zero-order valence-electron chi connectivity index (χ0n) is 6.66. The first kappa shape index (κ1) is 8.22. The number of hydrogen-bond donors (Lipinski definition) is 2. The number of anilines is 1. The third kappa shape index (κ3) is 1.68. The van der Waals surface area contributed by atoms with Gasteiger partial charge in [0.05, 0.1) is 17.2 Å². The molecule has 0 radical (unpaired) electrons. The maximum Gasteiger partial charge on any atom is 0.160 e. The van der Waals surface area contributed by atoms with Crippen molar-refractivity contribution < 1.29 is 0 Å². The van der Waals surface area contributed by atoms with E-state index in [-0.39, 0.29) is 0 Å². The standard InChI is InChI=1S/C8H7ClN4/c9-13-12-8-5-10-6-3-1-2-4-7(6)11-8/h1-5,13H,(H,11,12). The smallest absolute Gasteiger partial charge is 0.160 e.